The highest BCUT2D eigenvalue weighted by Crippen LogP contribution is 2.28. The number of carbonyl (C=O) groups is 2. The molecule has 0 aliphatic rings. The number of carbonyl (C=O) groups excluding carboxylic acids is 2. The van der Waals surface area contributed by atoms with Gasteiger partial charge in [0.15, 0.2) is 18.1 Å². The van der Waals surface area contributed by atoms with E-state index in [9.17, 15) is 9.59 Å². The first kappa shape index (κ1) is 28.4. The molecule has 6 nitrogen and oxygen atoms in total. The topological polar surface area (TPSA) is 67.9 Å². The molecule has 0 unspecified atom stereocenters. The number of halogens is 2. The van der Waals surface area contributed by atoms with Crippen molar-refractivity contribution in [3.63, 3.8) is 0 Å². The Morgan fingerprint density at radius 1 is 0.892 bits per heavy atom. The van der Waals surface area contributed by atoms with Gasteiger partial charge in [0, 0.05) is 35.1 Å². The van der Waals surface area contributed by atoms with Crippen molar-refractivity contribution in [2.75, 3.05) is 20.3 Å². The van der Waals surface area contributed by atoms with Gasteiger partial charge in [-0.05, 0) is 35.7 Å². The van der Waals surface area contributed by atoms with E-state index >= 15 is 0 Å². The Hall–Kier alpha value is -3.22. The van der Waals surface area contributed by atoms with E-state index in [0.29, 0.717) is 40.1 Å². The summed E-state index contributed by atoms with van der Waals surface area (Å²) < 4.78 is 11.2. The van der Waals surface area contributed by atoms with E-state index in [2.05, 4.69) is 5.32 Å². The van der Waals surface area contributed by atoms with Gasteiger partial charge >= 0.3 is 0 Å². The number of ether oxygens (including phenoxy) is 2. The number of para-hydroxylation sites is 2. The van der Waals surface area contributed by atoms with Crippen LogP contribution < -0.4 is 14.8 Å². The Morgan fingerprint density at radius 3 is 2.14 bits per heavy atom. The van der Waals surface area contributed by atoms with Crippen molar-refractivity contribution >= 4 is 35.0 Å². The van der Waals surface area contributed by atoms with Crippen LogP contribution in [-0.2, 0) is 22.6 Å². The predicted octanol–water partition coefficient (Wildman–Crippen LogP) is 5.79. The standard InChI is InChI=1S/C29H32Cl2N2O4/c1-20(2)17-32-29(35)25(16-21-10-5-4-6-11-21)33(18-22-23(30)12-9-13-24(22)31)28(34)19-37-27-15-8-7-14-26(27)36-3/h4-15,20,25H,16-19H2,1-3H3,(H,32,35)/t25-/m0/s1. The molecule has 3 rings (SSSR count). The molecule has 37 heavy (non-hydrogen) atoms. The second-order valence-electron chi connectivity index (χ2n) is 9.01. The zero-order valence-corrected chi connectivity index (χ0v) is 22.8. The third-order valence-corrected chi connectivity index (χ3v) is 6.47. The largest absolute Gasteiger partial charge is 0.493 e. The lowest BCUT2D eigenvalue weighted by Crippen LogP contribution is -2.52. The van der Waals surface area contributed by atoms with Crippen molar-refractivity contribution in [3.05, 3.63) is 94.0 Å². The van der Waals surface area contributed by atoms with Crippen LogP contribution in [0.2, 0.25) is 10.0 Å². The monoisotopic (exact) mass is 542 g/mol. The number of nitrogens with zero attached hydrogens (tertiary/aromatic N) is 1. The summed E-state index contributed by atoms with van der Waals surface area (Å²) in [5.41, 5.74) is 1.48. The summed E-state index contributed by atoms with van der Waals surface area (Å²) >= 11 is 12.9. The molecule has 0 spiro atoms. The number of rotatable bonds is 12. The van der Waals surface area contributed by atoms with Crippen LogP contribution in [0.1, 0.15) is 25.0 Å². The fourth-order valence-electron chi connectivity index (χ4n) is 3.79. The summed E-state index contributed by atoms with van der Waals surface area (Å²) in [7, 11) is 1.53. The molecule has 0 radical (unpaired) electrons. The molecule has 0 heterocycles. The zero-order chi connectivity index (χ0) is 26.8. The predicted molar refractivity (Wildman–Crippen MR) is 147 cm³/mol. The molecule has 0 aromatic heterocycles. The third kappa shape index (κ3) is 8.14. The molecule has 2 amide bonds. The van der Waals surface area contributed by atoms with Gasteiger partial charge in [-0.1, -0.05) is 85.6 Å². The van der Waals surface area contributed by atoms with Gasteiger partial charge in [0.1, 0.15) is 6.04 Å². The highest BCUT2D eigenvalue weighted by Gasteiger charge is 2.31. The van der Waals surface area contributed by atoms with Gasteiger partial charge < -0.3 is 19.7 Å². The van der Waals surface area contributed by atoms with Gasteiger partial charge in [0.2, 0.25) is 5.91 Å². The molecule has 0 saturated heterocycles. The lowest BCUT2D eigenvalue weighted by molar-refractivity contribution is -0.142. The highest BCUT2D eigenvalue weighted by molar-refractivity contribution is 6.36. The average molecular weight is 543 g/mol. The van der Waals surface area contributed by atoms with E-state index in [1.807, 2.05) is 50.2 Å². The van der Waals surface area contributed by atoms with Gasteiger partial charge in [-0.2, -0.15) is 0 Å². The summed E-state index contributed by atoms with van der Waals surface area (Å²) in [6, 6.07) is 21.0. The molecule has 1 atom stereocenters. The molecular formula is C29H32Cl2N2O4. The number of nitrogens with one attached hydrogen (secondary N) is 1. The lowest BCUT2D eigenvalue weighted by Gasteiger charge is -2.32. The molecule has 8 heteroatoms. The van der Waals surface area contributed by atoms with Crippen molar-refractivity contribution in [1.82, 2.24) is 10.2 Å². The number of methoxy groups -OCH3 is 1. The third-order valence-electron chi connectivity index (χ3n) is 5.77. The molecular weight excluding hydrogens is 511 g/mol. The molecule has 0 aliphatic carbocycles. The van der Waals surface area contributed by atoms with Crippen LogP contribution in [0, 0.1) is 5.92 Å². The molecule has 0 saturated carbocycles. The fraction of sp³-hybridized carbons (Fsp3) is 0.310. The van der Waals surface area contributed by atoms with Gasteiger partial charge in [-0.15, -0.1) is 0 Å². The van der Waals surface area contributed by atoms with Crippen LogP contribution in [0.15, 0.2) is 72.8 Å². The molecule has 0 fully saturated rings. The van der Waals surface area contributed by atoms with Crippen LogP contribution in [-0.4, -0.2) is 43.0 Å². The summed E-state index contributed by atoms with van der Waals surface area (Å²) in [4.78, 5) is 28.7. The maximum atomic E-state index is 13.7. The molecule has 196 valence electrons. The van der Waals surface area contributed by atoms with Crippen LogP contribution in [0.4, 0.5) is 0 Å². The maximum absolute atomic E-state index is 13.7. The van der Waals surface area contributed by atoms with Gasteiger partial charge in [0.05, 0.1) is 7.11 Å². The van der Waals surface area contributed by atoms with Gasteiger partial charge in [-0.3, -0.25) is 9.59 Å². The summed E-state index contributed by atoms with van der Waals surface area (Å²) in [5.74, 6) is 0.538. The summed E-state index contributed by atoms with van der Waals surface area (Å²) in [6.45, 7) is 4.25. The van der Waals surface area contributed by atoms with E-state index in [4.69, 9.17) is 32.7 Å². The molecule has 3 aromatic carbocycles. The van der Waals surface area contributed by atoms with Gasteiger partial charge in [0.25, 0.3) is 5.91 Å². The van der Waals surface area contributed by atoms with Crippen LogP contribution >= 0.6 is 23.2 Å². The Bertz CT molecular complexity index is 1170. The quantitative estimate of drug-likeness (QED) is 0.314. The van der Waals surface area contributed by atoms with Crippen molar-refractivity contribution in [2.45, 2.75) is 32.9 Å². The van der Waals surface area contributed by atoms with Crippen molar-refractivity contribution in [2.24, 2.45) is 5.92 Å². The summed E-state index contributed by atoms with van der Waals surface area (Å²) in [5, 5.41) is 3.81. The van der Waals surface area contributed by atoms with E-state index in [0.717, 1.165) is 5.56 Å². The van der Waals surface area contributed by atoms with Crippen molar-refractivity contribution < 1.29 is 19.1 Å². The number of hydrogen-bond donors (Lipinski definition) is 1. The molecule has 3 aromatic rings. The number of benzene rings is 3. The van der Waals surface area contributed by atoms with Gasteiger partial charge in [-0.25, -0.2) is 0 Å². The number of amides is 2. The Morgan fingerprint density at radius 2 is 1.51 bits per heavy atom. The van der Waals surface area contributed by atoms with E-state index in [-0.39, 0.29) is 30.9 Å². The minimum Gasteiger partial charge on any atom is -0.493 e. The first-order valence-electron chi connectivity index (χ1n) is 12.1. The normalized spacial score (nSPS) is 11.6. The van der Waals surface area contributed by atoms with Crippen molar-refractivity contribution in [1.29, 1.82) is 0 Å². The number of hydrogen-bond acceptors (Lipinski definition) is 4. The first-order valence-corrected chi connectivity index (χ1v) is 12.9. The average Bonchev–Trinajstić information content (AvgIpc) is 2.90. The summed E-state index contributed by atoms with van der Waals surface area (Å²) in [6.07, 6.45) is 0.313. The Balaban J connectivity index is 1.96. The second-order valence-corrected chi connectivity index (χ2v) is 9.82. The Kier molecular flexibility index (Phi) is 10.7. The fourth-order valence-corrected chi connectivity index (χ4v) is 4.31. The SMILES string of the molecule is COc1ccccc1OCC(=O)N(Cc1c(Cl)cccc1Cl)[C@@H](Cc1ccccc1)C(=O)NCC(C)C. The van der Waals surface area contributed by atoms with Crippen LogP contribution in [0.5, 0.6) is 11.5 Å². The van der Waals surface area contributed by atoms with Crippen LogP contribution in [0.25, 0.3) is 0 Å². The zero-order valence-electron chi connectivity index (χ0n) is 21.2. The first-order chi connectivity index (χ1) is 17.8. The van der Waals surface area contributed by atoms with E-state index < -0.39 is 6.04 Å². The maximum Gasteiger partial charge on any atom is 0.261 e. The van der Waals surface area contributed by atoms with E-state index in [1.165, 1.54) is 12.0 Å². The molecule has 0 bridgehead atoms. The Labute approximate surface area is 228 Å². The minimum atomic E-state index is -0.817. The van der Waals surface area contributed by atoms with Crippen LogP contribution in [0.3, 0.4) is 0 Å². The van der Waals surface area contributed by atoms with Crippen molar-refractivity contribution in [3.8, 4) is 11.5 Å². The second kappa shape index (κ2) is 13.9. The van der Waals surface area contributed by atoms with E-state index in [1.54, 1.807) is 36.4 Å². The minimum absolute atomic E-state index is 0.0409. The highest BCUT2D eigenvalue weighted by atomic mass is 35.5. The molecule has 1 N–H and O–H groups in total. The molecule has 0 aliphatic heterocycles. The smallest absolute Gasteiger partial charge is 0.261 e. The lowest BCUT2D eigenvalue weighted by atomic mass is 10.0.